The van der Waals surface area contributed by atoms with Crippen LogP contribution in [0.4, 0.5) is 4.39 Å². The Hall–Kier alpha value is -1.53. The van der Waals surface area contributed by atoms with Crippen molar-refractivity contribution in [1.29, 1.82) is 0 Å². The van der Waals surface area contributed by atoms with Gasteiger partial charge in [0.2, 0.25) is 0 Å². The molecule has 0 fully saturated rings. The fraction of sp³-hybridized carbons (Fsp3) is 0.467. The average Bonchev–Trinajstić information content (AvgIpc) is 2.38. The molecular formula is C15H20FNO. The van der Waals surface area contributed by atoms with Gasteiger partial charge in [0.05, 0.1) is 6.04 Å². The SMILES string of the molecule is CC#CC(N)[C@H](C)Cc1ccc(OCCF)cc1. The molecule has 18 heavy (non-hydrogen) atoms. The molecule has 0 spiro atoms. The molecule has 0 saturated heterocycles. The van der Waals surface area contributed by atoms with Crippen LogP contribution in [0, 0.1) is 17.8 Å². The van der Waals surface area contributed by atoms with Crippen LogP contribution in [0.3, 0.4) is 0 Å². The molecule has 2 atom stereocenters. The lowest BCUT2D eigenvalue weighted by Gasteiger charge is -2.15. The molecule has 0 aromatic heterocycles. The topological polar surface area (TPSA) is 35.2 Å². The van der Waals surface area contributed by atoms with E-state index in [4.69, 9.17) is 10.5 Å². The van der Waals surface area contributed by atoms with Gasteiger partial charge < -0.3 is 10.5 Å². The summed E-state index contributed by atoms with van der Waals surface area (Å²) in [4.78, 5) is 0. The van der Waals surface area contributed by atoms with E-state index in [0.29, 0.717) is 11.7 Å². The Balaban J connectivity index is 2.54. The first kappa shape index (κ1) is 14.5. The second-order valence-corrected chi connectivity index (χ2v) is 4.28. The van der Waals surface area contributed by atoms with Gasteiger partial charge in [-0.1, -0.05) is 25.0 Å². The van der Waals surface area contributed by atoms with Crippen LogP contribution in [0.15, 0.2) is 24.3 Å². The minimum atomic E-state index is -0.469. The number of halogens is 1. The van der Waals surface area contributed by atoms with E-state index in [0.717, 1.165) is 6.42 Å². The third kappa shape index (κ3) is 4.77. The maximum atomic E-state index is 11.9. The van der Waals surface area contributed by atoms with Gasteiger partial charge in [-0.05, 0) is 37.0 Å². The summed E-state index contributed by atoms with van der Waals surface area (Å²) in [6.45, 7) is 3.52. The summed E-state index contributed by atoms with van der Waals surface area (Å²) in [5.74, 6) is 6.80. The Morgan fingerprint density at radius 1 is 1.33 bits per heavy atom. The van der Waals surface area contributed by atoms with Crippen LogP contribution < -0.4 is 10.5 Å². The molecule has 0 aliphatic carbocycles. The molecule has 0 aliphatic rings. The van der Waals surface area contributed by atoms with Crippen molar-refractivity contribution in [3.8, 4) is 17.6 Å². The molecule has 0 saturated carbocycles. The van der Waals surface area contributed by atoms with Gasteiger partial charge in [-0.2, -0.15) is 0 Å². The van der Waals surface area contributed by atoms with Gasteiger partial charge in [-0.25, -0.2) is 4.39 Å². The summed E-state index contributed by atoms with van der Waals surface area (Å²) >= 11 is 0. The van der Waals surface area contributed by atoms with Crippen LogP contribution in [0.5, 0.6) is 5.75 Å². The Bertz CT molecular complexity index is 405. The molecule has 1 aromatic rings. The molecule has 0 heterocycles. The smallest absolute Gasteiger partial charge is 0.123 e. The molecule has 1 rings (SSSR count). The molecule has 1 unspecified atom stereocenters. The highest BCUT2D eigenvalue weighted by Gasteiger charge is 2.10. The van der Waals surface area contributed by atoms with Crippen LogP contribution in [0.25, 0.3) is 0 Å². The number of alkyl halides is 1. The van der Waals surface area contributed by atoms with Crippen molar-refractivity contribution in [3.63, 3.8) is 0 Å². The summed E-state index contributed by atoms with van der Waals surface area (Å²) in [6, 6.07) is 7.58. The number of rotatable bonds is 6. The van der Waals surface area contributed by atoms with Gasteiger partial charge >= 0.3 is 0 Å². The van der Waals surface area contributed by atoms with Gasteiger partial charge in [0.1, 0.15) is 19.0 Å². The first-order valence-corrected chi connectivity index (χ1v) is 6.13. The van der Waals surface area contributed by atoms with Gasteiger partial charge in [-0.3, -0.25) is 0 Å². The maximum absolute atomic E-state index is 11.9. The fourth-order valence-electron chi connectivity index (χ4n) is 1.69. The van der Waals surface area contributed by atoms with E-state index in [1.54, 1.807) is 6.92 Å². The quantitative estimate of drug-likeness (QED) is 0.786. The highest BCUT2D eigenvalue weighted by molar-refractivity contribution is 5.28. The monoisotopic (exact) mass is 249 g/mol. The Kier molecular flexibility index (Phi) is 6.24. The van der Waals surface area contributed by atoms with Crippen molar-refractivity contribution in [1.82, 2.24) is 0 Å². The molecule has 0 radical (unpaired) electrons. The number of hydrogen-bond acceptors (Lipinski definition) is 2. The van der Waals surface area contributed by atoms with Gasteiger partial charge in [0.25, 0.3) is 0 Å². The number of ether oxygens (including phenoxy) is 1. The maximum Gasteiger partial charge on any atom is 0.123 e. The third-order valence-corrected chi connectivity index (χ3v) is 2.75. The predicted molar refractivity (Wildman–Crippen MR) is 72.2 cm³/mol. The average molecular weight is 249 g/mol. The van der Waals surface area contributed by atoms with Crippen molar-refractivity contribution >= 4 is 0 Å². The van der Waals surface area contributed by atoms with Gasteiger partial charge in [-0.15, -0.1) is 5.92 Å². The molecule has 0 amide bonds. The van der Waals surface area contributed by atoms with Crippen LogP contribution in [-0.2, 0) is 6.42 Å². The zero-order valence-corrected chi connectivity index (χ0v) is 10.9. The normalized spacial score (nSPS) is 13.3. The van der Waals surface area contributed by atoms with Crippen molar-refractivity contribution in [2.45, 2.75) is 26.3 Å². The summed E-state index contributed by atoms with van der Waals surface area (Å²) in [6.07, 6.45) is 0.874. The lowest BCUT2D eigenvalue weighted by atomic mass is 9.95. The molecule has 1 aromatic carbocycles. The van der Waals surface area contributed by atoms with E-state index < -0.39 is 6.67 Å². The number of benzene rings is 1. The zero-order valence-electron chi connectivity index (χ0n) is 10.9. The molecule has 2 N–H and O–H groups in total. The van der Waals surface area contributed by atoms with Gasteiger partial charge in [0.15, 0.2) is 0 Å². The number of nitrogens with two attached hydrogens (primary N) is 1. The molecule has 0 aliphatic heterocycles. The summed E-state index contributed by atoms with van der Waals surface area (Å²) < 4.78 is 17.1. The molecule has 3 heteroatoms. The first-order chi connectivity index (χ1) is 8.67. The van der Waals surface area contributed by atoms with Crippen LogP contribution >= 0.6 is 0 Å². The minimum absolute atomic E-state index is 0.0996. The predicted octanol–water partition coefficient (Wildman–Crippen LogP) is 2.56. The largest absolute Gasteiger partial charge is 0.491 e. The van der Waals surface area contributed by atoms with Crippen LogP contribution in [0.2, 0.25) is 0 Å². The Labute approximate surface area is 108 Å². The Morgan fingerprint density at radius 2 is 2.00 bits per heavy atom. The van der Waals surface area contributed by atoms with Crippen LogP contribution in [0.1, 0.15) is 19.4 Å². The Morgan fingerprint density at radius 3 is 2.56 bits per heavy atom. The highest BCUT2D eigenvalue weighted by atomic mass is 19.1. The van der Waals surface area contributed by atoms with E-state index in [1.165, 1.54) is 5.56 Å². The summed E-state index contributed by atoms with van der Waals surface area (Å²) in [5, 5.41) is 0. The third-order valence-electron chi connectivity index (χ3n) is 2.75. The van der Waals surface area contributed by atoms with Crippen molar-refractivity contribution in [2.24, 2.45) is 11.7 Å². The fourth-order valence-corrected chi connectivity index (χ4v) is 1.69. The van der Waals surface area contributed by atoms with Crippen molar-refractivity contribution in [2.75, 3.05) is 13.3 Å². The summed E-state index contributed by atoms with van der Waals surface area (Å²) in [5.41, 5.74) is 7.11. The lowest BCUT2D eigenvalue weighted by Crippen LogP contribution is -2.27. The molecular weight excluding hydrogens is 229 g/mol. The first-order valence-electron chi connectivity index (χ1n) is 6.13. The second-order valence-electron chi connectivity index (χ2n) is 4.28. The van der Waals surface area contributed by atoms with Gasteiger partial charge in [0, 0.05) is 0 Å². The van der Waals surface area contributed by atoms with E-state index in [1.807, 2.05) is 24.3 Å². The van der Waals surface area contributed by atoms with Crippen molar-refractivity contribution < 1.29 is 9.13 Å². The highest BCUT2D eigenvalue weighted by Crippen LogP contribution is 2.16. The second kappa shape index (κ2) is 7.73. The number of hydrogen-bond donors (Lipinski definition) is 1. The minimum Gasteiger partial charge on any atom is -0.491 e. The van der Waals surface area contributed by atoms with E-state index in [9.17, 15) is 4.39 Å². The van der Waals surface area contributed by atoms with Crippen molar-refractivity contribution in [3.05, 3.63) is 29.8 Å². The van der Waals surface area contributed by atoms with E-state index in [2.05, 4.69) is 18.8 Å². The molecule has 2 nitrogen and oxygen atoms in total. The molecule has 98 valence electrons. The standard InChI is InChI=1S/C15H20FNO/c1-3-4-15(17)12(2)11-13-5-7-14(8-6-13)18-10-9-16/h5-8,12,15H,9-11,17H2,1-2H3/t12-,15?/m1/s1. The van der Waals surface area contributed by atoms with Crippen LogP contribution in [-0.4, -0.2) is 19.3 Å². The van der Waals surface area contributed by atoms with E-state index in [-0.39, 0.29) is 12.6 Å². The zero-order chi connectivity index (χ0) is 13.4. The van der Waals surface area contributed by atoms with E-state index >= 15 is 0 Å². The summed E-state index contributed by atoms with van der Waals surface area (Å²) in [7, 11) is 0. The lowest BCUT2D eigenvalue weighted by molar-refractivity contribution is 0.273. The molecule has 0 bridgehead atoms.